The van der Waals surface area contributed by atoms with Gasteiger partial charge in [-0.2, -0.15) is 0 Å². The van der Waals surface area contributed by atoms with Crippen LogP contribution in [0.15, 0.2) is 11.6 Å². The van der Waals surface area contributed by atoms with Crippen LogP contribution in [0, 0.1) is 29.1 Å². The third-order valence-corrected chi connectivity index (χ3v) is 5.96. The molecule has 0 radical (unpaired) electrons. The van der Waals surface area contributed by atoms with E-state index < -0.39 is 5.60 Å². The molecule has 0 saturated heterocycles. The fraction of sp³-hybridized carbons (Fsp3) is 0.867. The van der Waals surface area contributed by atoms with E-state index in [0.29, 0.717) is 11.3 Å². The van der Waals surface area contributed by atoms with Crippen LogP contribution in [0.3, 0.4) is 0 Å². The van der Waals surface area contributed by atoms with Gasteiger partial charge in [0.25, 0.3) is 0 Å². The first-order valence-electron chi connectivity index (χ1n) is 6.75. The van der Waals surface area contributed by atoms with Gasteiger partial charge in [0.15, 0.2) is 0 Å². The highest BCUT2D eigenvalue weighted by molar-refractivity contribution is 5.28. The van der Waals surface area contributed by atoms with E-state index in [4.69, 9.17) is 0 Å². The summed E-state index contributed by atoms with van der Waals surface area (Å²) in [5.41, 5.74) is 1.69. The Labute approximate surface area is 98.9 Å². The summed E-state index contributed by atoms with van der Waals surface area (Å²) in [5, 5.41) is 10.3. The molecular weight excluding hydrogens is 196 g/mol. The van der Waals surface area contributed by atoms with Crippen molar-refractivity contribution in [3.8, 4) is 0 Å². The Morgan fingerprint density at radius 3 is 2.69 bits per heavy atom. The molecule has 16 heavy (non-hydrogen) atoms. The van der Waals surface area contributed by atoms with Crippen LogP contribution in [0.25, 0.3) is 0 Å². The molecule has 5 atom stereocenters. The molecule has 0 aromatic rings. The Hall–Kier alpha value is -0.300. The zero-order valence-electron chi connectivity index (χ0n) is 11.0. The van der Waals surface area contributed by atoms with Crippen LogP contribution in [-0.2, 0) is 0 Å². The largest absolute Gasteiger partial charge is 0.390 e. The van der Waals surface area contributed by atoms with E-state index in [1.54, 1.807) is 5.57 Å². The average molecular weight is 220 g/mol. The highest BCUT2D eigenvalue weighted by atomic mass is 16.3. The fourth-order valence-corrected chi connectivity index (χ4v) is 5.25. The van der Waals surface area contributed by atoms with Gasteiger partial charge in [-0.1, -0.05) is 18.6 Å². The van der Waals surface area contributed by atoms with E-state index >= 15 is 0 Å². The number of fused-ring (bicyclic) bond motifs is 1. The van der Waals surface area contributed by atoms with Gasteiger partial charge in [0.1, 0.15) is 0 Å². The van der Waals surface area contributed by atoms with Crippen LogP contribution in [0.5, 0.6) is 0 Å². The van der Waals surface area contributed by atoms with E-state index in [9.17, 15) is 5.11 Å². The molecule has 4 rings (SSSR count). The summed E-state index contributed by atoms with van der Waals surface area (Å²) in [5.74, 6) is 2.92. The SMILES string of the molecule is CC1=CC[C@H]2[C@@H]3[C@H](C(C)(C)O)CC[C@@]2(C)[C@H]13. The number of hydrogen-bond donors (Lipinski definition) is 1. The van der Waals surface area contributed by atoms with Crippen molar-refractivity contribution in [1.82, 2.24) is 0 Å². The van der Waals surface area contributed by atoms with Crippen molar-refractivity contribution in [1.29, 1.82) is 0 Å². The van der Waals surface area contributed by atoms with Gasteiger partial charge in [0.05, 0.1) is 5.60 Å². The Morgan fingerprint density at radius 1 is 1.44 bits per heavy atom. The lowest BCUT2D eigenvalue weighted by Gasteiger charge is -2.70. The first-order chi connectivity index (χ1) is 7.36. The van der Waals surface area contributed by atoms with Crippen LogP contribution >= 0.6 is 0 Å². The molecule has 4 bridgehead atoms. The lowest BCUT2D eigenvalue weighted by atomic mass is 9.34. The van der Waals surface area contributed by atoms with Crippen molar-refractivity contribution < 1.29 is 5.11 Å². The van der Waals surface area contributed by atoms with E-state index in [-0.39, 0.29) is 0 Å². The molecule has 1 nitrogen and oxygen atoms in total. The molecular formula is C15H24O. The first kappa shape index (κ1) is 10.8. The second-order valence-electron chi connectivity index (χ2n) is 7.15. The summed E-state index contributed by atoms with van der Waals surface area (Å²) in [7, 11) is 0. The van der Waals surface area contributed by atoms with Crippen LogP contribution in [-0.4, -0.2) is 10.7 Å². The zero-order valence-corrected chi connectivity index (χ0v) is 11.0. The molecule has 1 heteroatoms. The molecule has 2 fully saturated rings. The summed E-state index contributed by atoms with van der Waals surface area (Å²) in [6.07, 6.45) is 6.25. The number of allylic oxidation sites excluding steroid dienone is 2. The molecule has 0 aromatic carbocycles. The summed E-state index contributed by atoms with van der Waals surface area (Å²) >= 11 is 0. The number of aliphatic hydroxyl groups is 1. The lowest BCUT2D eigenvalue weighted by molar-refractivity contribution is -0.210. The second kappa shape index (κ2) is 2.93. The molecule has 4 aliphatic rings. The van der Waals surface area contributed by atoms with Gasteiger partial charge in [0.2, 0.25) is 0 Å². The highest BCUT2D eigenvalue weighted by Crippen LogP contribution is 2.72. The monoisotopic (exact) mass is 220 g/mol. The number of hydrogen-bond acceptors (Lipinski definition) is 1. The maximum absolute atomic E-state index is 10.3. The van der Waals surface area contributed by atoms with Gasteiger partial charge in [-0.3, -0.25) is 0 Å². The van der Waals surface area contributed by atoms with Gasteiger partial charge < -0.3 is 5.11 Å². The van der Waals surface area contributed by atoms with Gasteiger partial charge in [-0.05, 0) is 69.1 Å². The van der Waals surface area contributed by atoms with E-state index in [1.165, 1.54) is 19.3 Å². The van der Waals surface area contributed by atoms with Gasteiger partial charge >= 0.3 is 0 Å². The Kier molecular flexibility index (Phi) is 1.98. The fourth-order valence-electron chi connectivity index (χ4n) is 5.25. The zero-order chi connectivity index (χ0) is 11.7. The summed E-state index contributed by atoms with van der Waals surface area (Å²) < 4.78 is 0. The first-order valence-corrected chi connectivity index (χ1v) is 6.75. The van der Waals surface area contributed by atoms with Gasteiger partial charge in [0, 0.05) is 0 Å². The van der Waals surface area contributed by atoms with Crippen molar-refractivity contribution in [2.75, 3.05) is 0 Å². The predicted molar refractivity (Wildman–Crippen MR) is 66.0 cm³/mol. The predicted octanol–water partition coefficient (Wildman–Crippen LogP) is 3.39. The molecule has 4 aliphatic carbocycles. The van der Waals surface area contributed by atoms with E-state index in [2.05, 4.69) is 19.9 Å². The Morgan fingerprint density at radius 2 is 2.12 bits per heavy atom. The van der Waals surface area contributed by atoms with Crippen molar-refractivity contribution >= 4 is 0 Å². The average Bonchev–Trinajstić information content (AvgIpc) is 2.16. The van der Waals surface area contributed by atoms with Crippen molar-refractivity contribution in [3.63, 3.8) is 0 Å². The highest BCUT2D eigenvalue weighted by Gasteiger charge is 2.66. The molecule has 90 valence electrons. The second-order valence-corrected chi connectivity index (χ2v) is 7.15. The molecule has 0 amide bonds. The third kappa shape index (κ3) is 1.11. The molecule has 0 aliphatic heterocycles. The van der Waals surface area contributed by atoms with Gasteiger partial charge in [-0.15, -0.1) is 0 Å². The molecule has 0 aromatic heterocycles. The van der Waals surface area contributed by atoms with Gasteiger partial charge in [-0.25, -0.2) is 0 Å². The summed E-state index contributed by atoms with van der Waals surface area (Å²) in [4.78, 5) is 0. The standard InChI is InChI=1S/C15H24O/c1-9-5-6-11-12-10(14(2,3)16)7-8-15(11,4)13(9)12/h5,10-13,16H,6-8H2,1-4H3/t10-,11+,12+,13-,15-/m1/s1. The minimum absolute atomic E-state index is 0.486. The number of rotatable bonds is 1. The molecule has 0 spiro atoms. The smallest absolute Gasteiger partial charge is 0.0622 e. The van der Waals surface area contributed by atoms with Crippen LogP contribution in [0.4, 0.5) is 0 Å². The van der Waals surface area contributed by atoms with Crippen molar-refractivity contribution in [2.24, 2.45) is 29.1 Å². The lowest BCUT2D eigenvalue weighted by Crippen LogP contribution is -2.66. The van der Waals surface area contributed by atoms with E-state index in [1.807, 2.05) is 13.8 Å². The van der Waals surface area contributed by atoms with E-state index in [0.717, 1.165) is 17.8 Å². The third-order valence-electron chi connectivity index (χ3n) is 5.96. The molecule has 0 unspecified atom stereocenters. The molecule has 1 N–H and O–H groups in total. The van der Waals surface area contributed by atoms with Crippen molar-refractivity contribution in [3.05, 3.63) is 11.6 Å². The molecule has 2 saturated carbocycles. The normalized spacial score (nSPS) is 50.7. The van der Waals surface area contributed by atoms with Crippen molar-refractivity contribution in [2.45, 2.75) is 52.6 Å². The quantitative estimate of drug-likeness (QED) is 0.672. The summed E-state index contributed by atoms with van der Waals surface area (Å²) in [6.45, 7) is 8.80. The molecule has 0 heterocycles. The topological polar surface area (TPSA) is 20.2 Å². The maximum atomic E-state index is 10.3. The minimum atomic E-state index is -0.486. The Balaban J connectivity index is 1.96. The van der Waals surface area contributed by atoms with Crippen LogP contribution in [0.1, 0.15) is 47.0 Å². The van der Waals surface area contributed by atoms with Crippen LogP contribution in [0.2, 0.25) is 0 Å². The van der Waals surface area contributed by atoms with Crippen LogP contribution < -0.4 is 0 Å². The Bertz CT molecular complexity index is 349. The summed E-state index contributed by atoms with van der Waals surface area (Å²) in [6, 6.07) is 0. The minimum Gasteiger partial charge on any atom is -0.390 e. The maximum Gasteiger partial charge on any atom is 0.0622 e.